The molecule has 1 atom stereocenters. The maximum absolute atomic E-state index is 11.2. The van der Waals surface area contributed by atoms with Gasteiger partial charge in [0.25, 0.3) is 0 Å². The van der Waals surface area contributed by atoms with E-state index in [1.54, 1.807) is 20.8 Å². The highest BCUT2D eigenvalue weighted by Crippen LogP contribution is 2.05. The van der Waals surface area contributed by atoms with Crippen LogP contribution in [0.15, 0.2) is 0 Å². The van der Waals surface area contributed by atoms with Crippen LogP contribution in [0.3, 0.4) is 0 Å². The van der Waals surface area contributed by atoms with E-state index < -0.39 is 29.5 Å². The van der Waals surface area contributed by atoms with Crippen molar-refractivity contribution in [1.82, 2.24) is 10.6 Å². The number of nitrogens with one attached hydrogen (secondary N) is 2. The van der Waals surface area contributed by atoms with Gasteiger partial charge in [-0.15, -0.1) is 0 Å². The van der Waals surface area contributed by atoms with Gasteiger partial charge in [-0.05, 0) is 27.7 Å². The summed E-state index contributed by atoms with van der Waals surface area (Å²) in [6.45, 7) is 5.88. The van der Waals surface area contributed by atoms with Crippen LogP contribution in [0.2, 0.25) is 0 Å². The lowest BCUT2D eigenvalue weighted by Gasteiger charge is -2.19. The first-order chi connectivity index (χ1) is 8.11. The second-order valence-corrected chi connectivity index (χ2v) is 4.76. The maximum Gasteiger partial charge on any atom is 0.325 e. The molecule has 0 heterocycles. The van der Waals surface area contributed by atoms with Crippen molar-refractivity contribution in [1.29, 1.82) is 0 Å². The minimum atomic E-state index is -1.18. The summed E-state index contributed by atoms with van der Waals surface area (Å²) in [6, 6.07) is 0. The van der Waals surface area contributed by atoms with Gasteiger partial charge < -0.3 is 20.5 Å². The number of hydrogen-bond acceptors (Lipinski definition) is 5. The third-order valence-corrected chi connectivity index (χ3v) is 1.65. The highest BCUT2D eigenvalue weighted by Gasteiger charge is 2.17. The molecule has 18 heavy (non-hydrogen) atoms. The quantitative estimate of drug-likeness (QED) is 0.547. The van der Waals surface area contributed by atoms with Crippen LogP contribution >= 0.6 is 0 Å². The normalized spacial score (nSPS) is 12.5. The van der Waals surface area contributed by atoms with Crippen LogP contribution in [0, 0.1) is 0 Å². The van der Waals surface area contributed by atoms with E-state index in [1.165, 1.54) is 6.92 Å². The van der Waals surface area contributed by atoms with Crippen molar-refractivity contribution in [3.63, 3.8) is 0 Å². The van der Waals surface area contributed by atoms with Gasteiger partial charge in [0.15, 0.2) is 0 Å². The topological polar surface area (TPSA) is 105 Å². The van der Waals surface area contributed by atoms with Crippen molar-refractivity contribution in [3.05, 3.63) is 0 Å². The molecule has 0 aromatic heterocycles. The zero-order valence-corrected chi connectivity index (χ0v) is 11.1. The van der Waals surface area contributed by atoms with Crippen molar-refractivity contribution in [2.45, 2.75) is 39.4 Å². The third-order valence-electron chi connectivity index (χ3n) is 1.65. The van der Waals surface area contributed by atoms with Gasteiger partial charge >= 0.3 is 5.97 Å². The average Bonchev–Trinajstić information content (AvgIpc) is 2.20. The van der Waals surface area contributed by atoms with Crippen molar-refractivity contribution >= 4 is 17.8 Å². The van der Waals surface area contributed by atoms with E-state index in [4.69, 9.17) is 9.84 Å². The highest BCUT2D eigenvalue weighted by atomic mass is 16.6. The minimum Gasteiger partial charge on any atom is -0.459 e. The fourth-order valence-electron chi connectivity index (χ4n) is 0.926. The van der Waals surface area contributed by atoms with Gasteiger partial charge in [-0.25, -0.2) is 0 Å². The molecule has 0 saturated heterocycles. The number of rotatable bonds is 5. The van der Waals surface area contributed by atoms with Crippen LogP contribution in [0.25, 0.3) is 0 Å². The molecule has 0 aromatic carbocycles. The number of ether oxygens (including phenoxy) is 1. The van der Waals surface area contributed by atoms with Crippen LogP contribution in [-0.2, 0) is 19.1 Å². The number of carbonyl (C=O) groups excluding carboxylic acids is 3. The first kappa shape index (κ1) is 16.4. The van der Waals surface area contributed by atoms with E-state index in [9.17, 15) is 14.4 Å². The van der Waals surface area contributed by atoms with Gasteiger partial charge in [-0.2, -0.15) is 0 Å². The molecule has 0 radical (unpaired) electrons. The molecule has 0 aromatic rings. The molecule has 3 N–H and O–H groups in total. The van der Waals surface area contributed by atoms with Crippen LogP contribution in [0.4, 0.5) is 0 Å². The van der Waals surface area contributed by atoms with E-state index in [0.29, 0.717) is 0 Å². The Bertz CT molecular complexity index is 320. The first-order valence-electron chi connectivity index (χ1n) is 5.56. The third kappa shape index (κ3) is 8.51. The summed E-state index contributed by atoms with van der Waals surface area (Å²) in [6.07, 6.45) is -1.18. The summed E-state index contributed by atoms with van der Waals surface area (Å²) in [5, 5.41) is 13.4. The van der Waals surface area contributed by atoms with E-state index in [2.05, 4.69) is 10.6 Å². The lowest BCUT2D eigenvalue weighted by molar-refractivity contribution is -0.154. The van der Waals surface area contributed by atoms with E-state index in [-0.39, 0.29) is 13.1 Å². The SMILES string of the molecule is CC(O)C(=O)NCC(=O)NCC(=O)OC(C)(C)C. The van der Waals surface area contributed by atoms with Crippen molar-refractivity contribution < 1.29 is 24.2 Å². The number of hydrogen-bond donors (Lipinski definition) is 3. The summed E-state index contributed by atoms with van der Waals surface area (Å²) >= 11 is 0. The van der Waals surface area contributed by atoms with Crippen LogP contribution < -0.4 is 10.6 Å². The van der Waals surface area contributed by atoms with Gasteiger partial charge in [-0.3, -0.25) is 14.4 Å². The Morgan fingerprint density at radius 3 is 2.17 bits per heavy atom. The van der Waals surface area contributed by atoms with Crippen LogP contribution in [0.1, 0.15) is 27.7 Å². The number of carbonyl (C=O) groups is 3. The Labute approximate surface area is 106 Å². The minimum absolute atomic E-state index is 0.263. The Kier molecular flexibility index (Phi) is 6.32. The molecule has 0 aliphatic carbocycles. The summed E-state index contributed by atoms with van der Waals surface area (Å²) in [7, 11) is 0. The van der Waals surface area contributed by atoms with Crippen LogP contribution in [0.5, 0.6) is 0 Å². The molecule has 104 valence electrons. The summed E-state index contributed by atoms with van der Waals surface area (Å²) in [5.74, 6) is -1.74. The molecule has 0 spiro atoms. The Hall–Kier alpha value is -1.63. The van der Waals surface area contributed by atoms with Crippen molar-refractivity contribution in [2.75, 3.05) is 13.1 Å². The van der Waals surface area contributed by atoms with Gasteiger partial charge in [0.1, 0.15) is 18.2 Å². The smallest absolute Gasteiger partial charge is 0.325 e. The molecular weight excluding hydrogens is 240 g/mol. The van der Waals surface area contributed by atoms with Gasteiger partial charge in [-0.1, -0.05) is 0 Å². The predicted octanol–water partition coefficient (Wildman–Crippen LogP) is -1.06. The Balaban J connectivity index is 3.84. The standard InChI is InChI=1S/C11H20N2O5/c1-7(14)10(17)13-5-8(15)12-6-9(16)18-11(2,3)4/h7,14H,5-6H2,1-4H3,(H,12,15)(H,13,17). The van der Waals surface area contributed by atoms with Crippen LogP contribution in [-0.4, -0.2) is 47.7 Å². The highest BCUT2D eigenvalue weighted by molar-refractivity contribution is 5.88. The van der Waals surface area contributed by atoms with Gasteiger partial charge in [0.05, 0.1) is 6.54 Å². The number of esters is 1. The summed E-state index contributed by atoms with van der Waals surface area (Å²) in [4.78, 5) is 33.4. The molecule has 0 saturated carbocycles. The predicted molar refractivity (Wildman–Crippen MR) is 63.5 cm³/mol. The van der Waals surface area contributed by atoms with Crippen molar-refractivity contribution in [3.8, 4) is 0 Å². The van der Waals surface area contributed by atoms with E-state index >= 15 is 0 Å². The second-order valence-electron chi connectivity index (χ2n) is 4.76. The molecule has 0 aliphatic heterocycles. The molecule has 2 amide bonds. The molecular formula is C11H20N2O5. The Morgan fingerprint density at radius 2 is 1.72 bits per heavy atom. The number of aliphatic hydroxyl groups is 1. The molecule has 0 aliphatic rings. The molecule has 0 bridgehead atoms. The monoisotopic (exact) mass is 260 g/mol. The average molecular weight is 260 g/mol. The van der Waals surface area contributed by atoms with E-state index in [1.807, 2.05) is 0 Å². The molecule has 0 fully saturated rings. The summed E-state index contributed by atoms with van der Waals surface area (Å²) in [5.41, 5.74) is -0.609. The first-order valence-corrected chi connectivity index (χ1v) is 5.56. The zero-order chi connectivity index (χ0) is 14.3. The van der Waals surface area contributed by atoms with E-state index in [0.717, 1.165) is 0 Å². The van der Waals surface area contributed by atoms with Gasteiger partial charge in [0.2, 0.25) is 11.8 Å². The lowest BCUT2D eigenvalue weighted by Crippen LogP contribution is -2.42. The largest absolute Gasteiger partial charge is 0.459 e. The number of aliphatic hydroxyl groups excluding tert-OH is 1. The van der Waals surface area contributed by atoms with Gasteiger partial charge in [0, 0.05) is 0 Å². The number of amides is 2. The zero-order valence-electron chi connectivity index (χ0n) is 11.1. The summed E-state index contributed by atoms with van der Waals surface area (Å²) < 4.78 is 4.97. The maximum atomic E-state index is 11.2. The second kappa shape index (κ2) is 6.95. The lowest BCUT2D eigenvalue weighted by atomic mass is 10.2. The van der Waals surface area contributed by atoms with Crippen molar-refractivity contribution in [2.24, 2.45) is 0 Å². The Morgan fingerprint density at radius 1 is 1.17 bits per heavy atom. The molecule has 0 rings (SSSR count). The molecule has 1 unspecified atom stereocenters. The fourth-order valence-corrected chi connectivity index (χ4v) is 0.926. The molecule has 7 nitrogen and oxygen atoms in total. The fraction of sp³-hybridized carbons (Fsp3) is 0.727. The molecule has 7 heteroatoms.